The predicted octanol–water partition coefficient (Wildman–Crippen LogP) is 1.97. The minimum Gasteiger partial charge on any atom is -0.393 e. The van der Waals surface area contributed by atoms with E-state index in [9.17, 15) is 10.1 Å². The molecule has 0 heterocycles. The molecule has 1 aromatic rings. The first-order chi connectivity index (χ1) is 8.00. The number of hydrogen-bond donors (Lipinski definition) is 1. The summed E-state index contributed by atoms with van der Waals surface area (Å²) < 4.78 is 0. The van der Waals surface area contributed by atoms with Gasteiger partial charge in [0.25, 0.3) is 5.69 Å². The van der Waals surface area contributed by atoms with Crippen molar-refractivity contribution in [1.82, 2.24) is 4.90 Å². The molecule has 0 aliphatic heterocycles. The molecular formula is C11H17N3O2S. The third-order valence-corrected chi connectivity index (χ3v) is 3.25. The molecule has 2 N–H and O–H groups in total. The molecule has 0 saturated carbocycles. The van der Waals surface area contributed by atoms with Crippen LogP contribution in [-0.2, 0) is 5.75 Å². The molecule has 0 unspecified atom stereocenters. The summed E-state index contributed by atoms with van der Waals surface area (Å²) in [6.07, 6.45) is 0. The fourth-order valence-corrected chi connectivity index (χ4v) is 2.35. The number of nitrogens with zero attached hydrogens (tertiary/aromatic N) is 2. The highest BCUT2D eigenvalue weighted by Gasteiger charge is 2.10. The highest BCUT2D eigenvalue weighted by atomic mass is 32.2. The Morgan fingerprint density at radius 1 is 1.47 bits per heavy atom. The average Bonchev–Trinajstić information content (AvgIpc) is 2.23. The summed E-state index contributed by atoms with van der Waals surface area (Å²) in [5.74, 6) is 1.86. The fraction of sp³-hybridized carbons (Fsp3) is 0.455. The van der Waals surface area contributed by atoms with Crippen molar-refractivity contribution in [3.63, 3.8) is 0 Å². The number of nitrogens with two attached hydrogens (primary N) is 1. The van der Waals surface area contributed by atoms with Gasteiger partial charge in [-0.1, -0.05) is 6.07 Å². The smallest absolute Gasteiger partial charge is 0.292 e. The van der Waals surface area contributed by atoms with Crippen molar-refractivity contribution in [2.45, 2.75) is 5.75 Å². The summed E-state index contributed by atoms with van der Waals surface area (Å²) >= 11 is 1.79. The van der Waals surface area contributed by atoms with Crippen molar-refractivity contribution in [3.05, 3.63) is 33.9 Å². The molecular weight excluding hydrogens is 238 g/mol. The maximum absolute atomic E-state index is 10.6. The Morgan fingerprint density at radius 2 is 2.18 bits per heavy atom. The molecule has 0 amide bonds. The van der Waals surface area contributed by atoms with Gasteiger partial charge in [-0.2, -0.15) is 11.8 Å². The molecule has 94 valence electrons. The number of benzene rings is 1. The van der Waals surface area contributed by atoms with Gasteiger partial charge in [0, 0.05) is 24.1 Å². The van der Waals surface area contributed by atoms with Crippen LogP contribution in [0, 0.1) is 10.1 Å². The van der Waals surface area contributed by atoms with E-state index in [2.05, 4.69) is 4.90 Å². The lowest BCUT2D eigenvalue weighted by Gasteiger charge is -2.08. The number of nitro groups is 1. The van der Waals surface area contributed by atoms with E-state index < -0.39 is 4.92 Å². The number of nitro benzene ring substituents is 1. The first-order valence-electron chi connectivity index (χ1n) is 5.26. The lowest BCUT2D eigenvalue weighted by Crippen LogP contribution is -2.14. The molecule has 0 radical (unpaired) electrons. The third-order valence-electron chi connectivity index (χ3n) is 2.24. The lowest BCUT2D eigenvalue weighted by atomic mass is 10.2. The van der Waals surface area contributed by atoms with Crippen LogP contribution in [0.3, 0.4) is 0 Å². The largest absolute Gasteiger partial charge is 0.393 e. The lowest BCUT2D eigenvalue weighted by molar-refractivity contribution is -0.383. The van der Waals surface area contributed by atoms with Gasteiger partial charge in [-0.15, -0.1) is 0 Å². The van der Waals surface area contributed by atoms with Crippen LogP contribution in [0.5, 0.6) is 0 Å². The van der Waals surface area contributed by atoms with Crippen molar-refractivity contribution in [1.29, 1.82) is 0 Å². The van der Waals surface area contributed by atoms with E-state index in [4.69, 9.17) is 5.73 Å². The number of nitrogen functional groups attached to an aromatic ring is 1. The van der Waals surface area contributed by atoms with E-state index >= 15 is 0 Å². The molecule has 0 aliphatic carbocycles. The van der Waals surface area contributed by atoms with Crippen molar-refractivity contribution < 1.29 is 4.92 Å². The zero-order chi connectivity index (χ0) is 12.8. The summed E-state index contributed by atoms with van der Waals surface area (Å²) in [4.78, 5) is 12.2. The Balaban J connectivity index is 2.50. The minimum atomic E-state index is -0.460. The second-order valence-electron chi connectivity index (χ2n) is 4.01. The van der Waals surface area contributed by atoms with Crippen molar-refractivity contribution >= 4 is 23.1 Å². The molecule has 0 bridgehead atoms. The zero-order valence-corrected chi connectivity index (χ0v) is 10.9. The third kappa shape index (κ3) is 4.62. The normalized spacial score (nSPS) is 10.8. The van der Waals surface area contributed by atoms with Crippen LogP contribution in [0.4, 0.5) is 11.4 Å². The second-order valence-corrected chi connectivity index (χ2v) is 5.11. The standard InChI is InChI=1S/C11H17N3O2S/c1-13(2)5-6-17-8-9-3-4-11(14(15)16)10(12)7-9/h3-4,7H,5-6,8,12H2,1-2H3. The molecule has 17 heavy (non-hydrogen) atoms. The van der Waals surface area contributed by atoms with E-state index in [1.165, 1.54) is 6.07 Å². The number of anilines is 1. The monoisotopic (exact) mass is 255 g/mol. The van der Waals surface area contributed by atoms with Crippen molar-refractivity contribution in [3.8, 4) is 0 Å². The van der Waals surface area contributed by atoms with Crippen LogP contribution >= 0.6 is 11.8 Å². The van der Waals surface area contributed by atoms with E-state index in [-0.39, 0.29) is 11.4 Å². The summed E-state index contributed by atoms with van der Waals surface area (Å²) in [5.41, 5.74) is 6.86. The average molecular weight is 255 g/mol. The van der Waals surface area contributed by atoms with Crippen LogP contribution in [0.15, 0.2) is 18.2 Å². The maximum atomic E-state index is 10.6. The molecule has 0 aromatic heterocycles. The van der Waals surface area contributed by atoms with Crippen LogP contribution in [0.25, 0.3) is 0 Å². The van der Waals surface area contributed by atoms with Gasteiger partial charge in [0.1, 0.15) is 5.69 Å². The quantitative estimate of drug-likeness (QED) is 0.364. The van der Waals surface area contributed by atoms with Crippen LogP contribution in [-0.4, -0.2) is 36.2 Å². The Morgan fingerprint density at radius 3 is 2.71 bits per heavy atom. The Labute approximate surface area is 105 Å². The van der Waals surface area contributed by atoms with Gasteiger partial charge in [0.15, 0.2) is 0 Å². The second kappa shape index (κ2) is 6.46. The molecule has 0 spiro atoms. The van der Waals surface area contributed by atoms with Gasteiger partial charge < -0.3 is 10.6 Å². The first-order valence-corrected chi connectivity index (χ1v) is 6.41. The van der Waals surface area contributed by atoms with Gasteiger partial charge >= 0.3 is 0 Å². The molecule has 0 atom stereocenters. The summed E-state index contributed by atoms with van der Waals surface area (Å²) in [7, 11) is 4.06. The van der Waals surface area contributed by atoms with E-state index in [1.807, 2.05) is 14.1 Å². The molecule has 5 nitrogen and oxygen atoms in total. The minimum absolute atomic E-state index is 0.0213. The van der Waals surface area contributed by atoms with E-state index in [0.29, 0.717) is 0 Å². The Bertz CT molecular complexity index is 396. The zero-order valence-electron chi connectivity index (χ0n) is 10.0. The summed E-state index contributed by atoms with van der Waals surface area (Å²) in [6.45, 7) is 1.02. The van der Waals surface area contributed by atoms with E-state index in [0.717, 1.165) is 23.6 Å². The number of rotatable bonds is 6. The topological polar surface area (TPSA) is 72.4 Å². The Kier molecular flexibility index (Phi) is 5.24. The Hall–Kier alpha value is -1.27. The molecule has 0 fully saturated rings. The highest BCUT2D eigenvalue weighted by molar-refractivity contribution is 7.98. The number of hydrogen-bond acceptors (Lipinski definition) is 5. The highest BCUT2D eigenvalue weighted by Crippen LogP contribution is 2.24. The van der Waals surface area contributed by atoms with Crippen LogP contribution in [0.2, 0.25) is 0 Å². The van der Waals surface area contributed by atoms with Gasteiger partial charge in [0.2, 0.25) is 0 Å². The fourth-order valence-electron chi connectivity index (χ4n) is 1.30. The number of thioether (sulfide) groups is 1. The molecule has 1 aromatic carbocycles. The van der Waals surface area contributed by atoms with Gasteiger partial charge in [-0.05, 0) is 25.7 Å². The summed E-state index contributed by atoms with van der Waals surface area (Å²) in [6, 6.07) is 4.91. The van der Waals surface area contributed by atoms with Crippen molar-refractivity contribution in [2.24, 2.45) is 0 Å². The molecule has 1 rings (SSSR count). The van der Waals surface area contributed by atoms with Crippen molar-refractivity contribution in [2.75, 3.05) is 32.1 Å². The molecule has 0 aliphatic rings. The molecule has 6 heteroatoms. The predicted molar refractivity (Wildman–Crippen MR) is 72.2 cm³/mol. The molecule has 0 saturated heterocycles. The van der Waals surface area contributed by atoms with Crippen LogP contribution in [0.1, 0.15) is 5.56 Å². The SMILES string of the molecule is CN(C)CCSCc1ccc([N+](=O)[O-])c(N)c1. The van der Waals surface area contributed by atoms with Crippen LogP contribution < -0.4 is 5.73 Å². The van der Waals surface area contributed by atoms with E-state index in [1.54, 1.807) is 23.9 Å². The van der Waals surface area contributed by atoms with Gasteiger partial charge in [-0.25, -0.2) is 0 Å². The first kappa shape index (κ1) is 13.8. The van der Waals surface area contributed by atoms with Gasteiger partial charge in [-0.3, -0.25) is 10.1 Å². The van der Waals surface area contributed by atoms with Gasteiger partial charge in [0.05, 0.1) is 4.92 Å². The maximum Gasteiger partial charge on any atom is 0.292 e. The summed E-state index contributed by atoms with van der Waals surface area (Å²) in [5, 5.41) is 10.6.